The van der Waals surface area contributed by atoms with Crippen molar-refractivity contribution in [3.63, 3.8) is 0 Å². The van der Waals surface area contributed by atoms with Gasteiger partial charge in [0.1, 0.15) is 11.6 Å². The third kappa shape index (κ3) is 2.26. The zero-order valence-corrected chi connectivity index (χ0v) is 10.5. The van der Waals surface area contributed by atoms with Crippen LogP contribution in [0.5, 0.6) is 0 Å². The molecule has 18 heavy (non-hydrogen) atoms. The highest BCUT2D eigenvalue weighted by atomic mass is 79.9. The third-order valence-corrected chi connectivity index (χ3v) is 3.07. The van der Waals surface area contributed by atoms with E-state index in [4.69, 9.17) is 5.11 Å². The molecule has 0 amide bonds. The summed E-state index contributed by atoms with van der Waals surface area (Å²) in [6.07, 6.45) is 0. The van der Waals surface area contributed by atoms with Gasteiger partial charge in [-0.2, -0.15) is 0 Å². The van der Waals surface area contributed by atoms with Crippen molar-refractivity contribution in [3.05, 3.63) is 58.1 Å². The Morgan fingerprint density at radius 3 is 2.50 bits per heavy atom. The second kappa shape index (κ2) is 4.86. The van der Waals surface area contributed by atoms with Gasteiger partial charge in [-0.25, -0.2) is 13.6 Å². The fraction of sp³-hybridized carbons (Fsp3) is 0. The lowest BCUT2D eigenvalue weighted by Crippen LogP contribution is -2.01. The van der Waals surface area contributed by atoms with Crippen LogP contribution in [0.1, 0.15) is 10.4 Å². The summed E-state index contributed by atoms with van der Waals surface area (Å²) in [7, 11) is 0. The summed E-state index contributed by atoms with van der Waals surface area (Å²) in [5.41, 5.74) is -0.0871. The molecule has 2 rings (SSSR count). The van der Waals surface area contributed by atoms with Crippen LogP contribution in [0.25, 0.3) is 11.1 Å². The highest BCUT2D eigenvalue weighted by Gasteiger charge is 2.16. The first-order valence-electron chi connectivity index (χ1n) is 4.98. The number of carboxylic acids is 1. The Morgan fingerprint density at radius 1 is 1.11 bits per heavy atom. The van der Waals surface area contributed by atoms with Crippen LogP contribution in [-0.2, 0) is 0 Å². The van der Waals surface area contributed by atoms with E-state index in [1.807, 2.05) is 0 Å². The average Bonchev–Trinajstić information content (AvgIpc) is 2.32. The molecule has 0 atom stereocenters. The number of aromatic carboxylic acids is 1. The highest BCUT2D eigenvalue weighted by Crippen LogP contribution is 2.30. The van der Waals surface area contributed by atoms with Crippen LogP contribution >= 0.6 is 15.9 Å². The minimum absolute atomic E-state index is 0.0151. The van der Waals surface area contributed by atoms with Gasteiger partial charge in [0.25, 0.3) is 0 Å². The van der Waals surface area contributed by atoms with Crippen molar-refractivity contribution in [1.29, 1.82) is 0 Å². The molecule has 5 heteroatoms. The molecule has 0 aliphatic heterocycles. The lowest BCUT2D eigenvalue weighted by atomic mass is 9.99. The molecule has 0 saturated heterocycles. The van der Waals surface area contributed by atoms with E-state index in [9.17, 15) is 13.6 Å². The van der Waals surface area contributed by atoms with E-state index in [0.717, 1.165) is 18.2 Å². The number of hydrogen-bond donors (Lipinski definition) is 1. The van der Waals surface area contributed by atoms with Gasteiger partial charge in [0.05, 0.1) is 10.0 Å². The largest absolute Gasteiger partial charge is 0.478 e. The van der Waals surface area contributed by atoms with E-state index < -0.39 is 17.6 Å². The predicted molar refractivity (Wildman–Crippen MR) is 66.5 cm³/mol. The topological polar surface area (TPSA) is 37.3 Å². The van der Waals surface area contributed by atoms with Crippen LogP contribution in [0, 0.1) is 11.6 Å². The molecule has 0 aromatic heterocycles. The fourth-order valence-electron chi connectivity index (χ4n) is 1.64. The zero-order chi connectivity index (χ0) is 13.3. The van der Waals surface area contributed by atoms with Gasteiger partial charge < -0.3 is 5.11 Å². The normalized spacial score (nSPS) is 10.4. The maximum atomic E-state index is 13.9. The Bertz CT molecular complexity index is 626. The number of carbonyl (C=O) groups is 1. The molecule has 0 fully saturated rings. The first-order chi connectivity index (χ1) is 8.50. The zero-order valence-electron chi connectivity index (χ0n) is 8.95. The van der Waals surface area contributed by atoms with Crippen LogP contribution in [0.3, 0.4) is 0 Å². The Morgan fingerprint density at radius 2 is 1.83 bits per heavy atom. The summed E-state index contributed by atoms with van der Waals surface area (Å²) >= 11 is 3.01. The van der Waals surface area contributed by atoms with Crippen molar-refractivity contribution in [2.24, 2.45) is 0 Å². The number of benzene rings is 2. The van der Waals surface area contributed by atoms with Gasteiger partial charge in [-0.05, 0) is 40.2 Å². The van der Waals surface area contributed by atoms with Gasteiger partial charge in [-0.3, -0.25) is 0 Å². The van der Waals surface area contributed by atoms with Crippen LogP contribution < -0.4 is 0 Å². The van der Waals surface area contributed by atoms with Gasteiger partial charge in [-0.1, -0.05) is 12.1 Å². The van der Waals surface area contributed by atoms with Gasteiger partial charge in [0, 0.05) is 11.1 Å². The van der Waals surface area contributed by atoms with Gasteiger partial charge >= 0.3 is 5.97 Å². The molecular weight excluding hydrogens is 306 g/mol. The van der Waals surface area contributed by atoms with E-state index in [-0.39, 0.29) is 21.2 Å². The first-order valence-corrected chi connectivity index (χ1v) is 5.77. The molecule has 0 unspecified atom stereocenters. The number of carboxylic acid groups (broad SMARTS) is 1. The van der Waals surface area contributed by atoms with Crippen LogP contribution in [0.4, 0.5) is 8.78 Å². The molecule has 1 N–H and O–H groups in total. The average molecular weight is 313 g/mol. The van der Waals surface area contributed by atoms with Crippen molar-refractivity contribution in [2.75, 3.05) is 0 Å². The Balaban J connectivity index is 2.73. The molecule has 2 nitrogen and oxygen atoms in total. The molecule has 0 spiro atoms. The van der Waals surface area contributed by atoms with Crippen molar-refractivity contribution in [3.8, 4) is 11.1 Å². The number of rotatable bonds is 2. The molecule has 2 aromatic rings. The van der Waals surface area contributed by atoms with E-state index in [2.05, 4.69) is 15.9 Å². The van der Waals surface area contributed by atoms with Gasteiger partial charge in [0.15, 0.2) is 0 Å². The molecule has 92 valence electrons. The molecule has 0 aliphatic rings. The monoisotopic (exact) mass is 312 g/mol. The number of halogens is 3. The molecule has 0 heterocycles. The Kier molecular flexibility index (Phi) is 3.43. The molecule has 0 radical (unpaired) electrons. The SMILES string of the molecule is O=C(O)c1ccc(F)cc1-c1cccc(Br)c1F. The lowest BCUT2D eigenvalue weighted by Gasteiger charge is -2.08. The molecular formula is C13H7BrF2O2. The predicted octanol–water partition coefficient (Wildman–Crippen LogP) is 4.09. The third-order valence-electron chi connectivity index (χ3n) is 2.45. The van der Waals surface area contributed by atoms with E-state index >= 15 is 0 Å². The quantitative estimate of drug-likeness (QED) is 0.906. The van der Waals surface area contributed by atoms with Crippen molar-refractivity contribution in [1.82, 2.24) is 0 Å². The molecule has 0 bridgehead atoms. The smallest absolute Gasteiger partial charge is 0.336 e. The van der Waals surface area contributed by atoms with Crippen LogP contribution in [-0.4, -0.2) is 11.1 Å². The number of hydrogen-bond acceptors (Lipinski definition) is 1. The molecule has 2 aromatic carbocycles. The second-order valence-electron chi connectivity index (χ2n) is 3.60. The minimum Gasteiger partial charge on any atom is -0.478 e. The summed E-state index contributed by atoms with van der Waals surface area (Å²) in [4.78, 5) is 11.0. The minimum atomic E-state index is -1.23. The molecule has 0 aliphatic carbocycles. The van der Waals surface area contributed by atoms with Gasteiger partial charge in [0.2, 0.25) is 0 Å². The van der Waals surface area contributed by atoms with E-state index in [1.165, 1.54) is 12.1 Å². The summed E-state index contributed by atoms with van der Waals surface area (Å²) in [5, 5.41) is 9.02. The summed E-state index contributed by atoms with van der Waals surface area (Å²) in [6, 6.07) is 7.60. The second-order valence-corrected chi connectivity index (χ2v) is 4.45. The summed E-state index contributed by atoms with van der Waals surface area (Å²) in [6.45, 7) is 0. The maximum Gasteiger partial charge on any atom is 0.336 e. The summed E-state index contributed by atoms with van der Waals surface area (Å²) in [5.74, 6) is -2.47. The van der Waals surface area contributed by atoms with Crippen LogP contribution in [0.15, 0.2) is 40.9 Å². The fourth-order valence-corrected chi connectivity index (χ4v) is 2.00. The lowest BCUT2D eigenvalue weighted by molar-refractivity contribution is 0.0697. The molecule has 0 saturated carbocycles. The van der Waals surface area contributed by atoms with Crippen LogP contribution in [0.2, 0.25) is 0 Å². The Hall–Kier alpha value is -1.75. The van der Waals surface area contributed by atoms with E-state index in [0.29, 0.717) is 0 Å². The first kappa shape index (κ1) is 12.7. The van der Waals surface area contributed by atoms with E-state index in [1.54, 1.807) is 6.07 Å². The van der Waals surface area contributed by atoms with Crippen molar-refractivity contribution in [2.45, 2.75) is 0 Å². The maximum absolute atomic E-state index is 13.9. The van der Waals surface area contributed by atoms with Gasteiger partial charge in [-0.15, -0.1) is 0 Å². The standard InChI is InChI=1S/C13H7BrF2O2/c14-11-3-1-2-8(12(11)16)10-6-7(15)4-5-9(10)13(17)18/h1-6H,(H,17,18). The van der Waals surface area contributed by atoms with Crippen molar-refractivity contribution >= 4 is 21.9 Å². The summed E-state index contributed by atoms with van der Waals surface area (Å²) < 4.78 is 27.3. The van der Waals surface area contributed by atoms with Crippen molar-refractivity contribution < 1.29 is 18.7 Å². The highest BCUT2D eigenvalue weighted by molar-refractivity contribution is 9.10. The Labute approximate surface area is 110 Å².